The van der Waals surface area contributed by atoms with Gasteiger partial charge < -0.3 is 10.2 Å². The van der Waals surface area contributed by atoms with Gasteiger partial charge in [0.25, 0.3) is 0 Å². The minimum atomic E-state index is -0.261. The molecule has 0 atom stereocenters. The van der Waals surface area contributed by atoms with E-state index in [1.54, 1.807) is 25.1 Å². The molecule has 0 saturated heterocycles. The largest absolute Gasteiger partial charge is 0.439 e. The number of hydrogen-bond donors (Lipinski definition) is 2. The molecule has 1 aliphatic rings. The van der Waals surface area contributed by atoms with Gasteiger partial charge in [0.15, 0.2) is 0 Å². The van der Waals surface area contributed by atoms with Gasteiger partial charge in [0.1, 0.15) is 23.2 Å². The van der Waals surface area contributed by atoms with E-state index in [2.05, 4.69) is 15.4 Å². The lowest BCUT2D eigenvalue weighted by Crippen LogP contribution is -2.10. The molecule has 1 heterocycles. The highest BCUT2D eigenvalue weighted by molar-refractivity contribution is 5.40. The van der Waals surface area contributed by atoms with Crippen molar-refractivity contribution in [2.45, 2.75) is 25.7 Å². The first-order valence-corrected chi connectivity index (χ1v) is 6.45. The molecular weight excluding hydrogens is 259 g/mol. The molecule has 20 heavy (non-hydrogen) atoms. The molecule has 1 aromatic heterocycles. The highest BCUT2D eigenvalue weighted by atomic mass is 19.1. The molecule has 3 rings (SSSR count). The Bertz CT molecular complexity index is 643. The van der Waals surface area contributed by atoms with Crippen molar-refractivity contribution in [3.05, 3.63) is 41.5 Å². The van der Waals surface area contributed by atoms with Crippen LogP contribution in [0.25, 0.3) is 0 Å². The lowest BCUT2D eigenvalue weighted by atomic mass is 10.2. The Balaban J connectivity index is 1.88. The zero-order valence-electron chi connectivity index (χ0n) is 11.1. The van der Waals surface area contributed by atoms with Crippen LogP contribution in [0.5, 0.6) is 11.6 Å². The zero-order valence-corrected chi connectivity index (χ0v) is 11.1. The molecule has 0 amide bonds. The summed E-state index contributed by atoms with van der Waals surface area (Å²) in [6.07, 6.45) is 2.17. The summed E-state index contributed by atoms with van der Waals surface area (Å²) in [6.45, 7) is 1.69. The van der Waals surface area contributed by atoms with Crippen LogP contribution < -0.4 is 16.0 Å². The maximum absolute atomic E-state index is 13.2. The topological polar surface area (TPSA) is 73.1 Å². The molecule has 0 radical (unpaired) electrons. The smallest absolute Gasteiger partial charge is 0.224 e. The Hall–Kier alpha value is -2.21. The van der Waals surface area contributed by atoms with Crippen molar-refractivity contribution in [2.75, 3.05) is 5.43 Å². The van der Waals surface area contributed by atoms with Crippen molar-refractivity contribution < 1.29 is 9.13 Å². The van der Waals surface area contributed by atoms with E-state index in [9.17, 15) is 4.39 Å². The van der Waals surface area contributed by atoms with Crippen molar-refractivity contribution in [1.29, 1.82) is 0 Å². The van der Waals surface area contributed by atoms with E-state index >= 15 is 0 Å². The van der Waals surface area contributed by atoms with Gasteiger partial charge in [-0.1, -0.05) is 0 Å². The monoisotopic (exact) mass is 274 g/mol. The van der Waals surface area contributed by atoms with Crippen LogP contribution in [0.3, 0.4) is 0 Å². The van der Waals surface area contributed by atoms with Crippen molar-refractivity contribution in [1.82, 2.24) is 9.97 Å². The number of nitrogens with zero attached hydrogens (tertiary/aromatic N) is 2. The zero-order chi connectivity index (χ0) is 14.1. The normalized spacial score (nSPS) is 14.2. The number of nitrogen functional groups attached to an aromatic ring is 1. The number of nitrogens with two attached hydrogens (primary N) is 1. The van der Waals surface area contributed by atoms with Crippen LogP contribution in [0.15, 0.2) is 24.3 Å². The van der Waals surface area contributed by atoms with Crippen LogP contribution in [0.2, 0.25) is 0 Å². The van der Waals surface area contributed by atoms with Crippen molar-refractivity contribution in [3.63, 3.8) is 0 Å². The second kappa shape index (κ2) is 5.05. The second-order valence-electron chi connectivity index (χ2n) is 4.88. The predicted octanol–water partition coefficient (Wildman–Crippen LogP) is 2.88. The molecule has 1 fully saturated rings. The van der Waals surface area contributed by atoms with Crippen molar-refractivity contribution >= 4 is 5.82 Å². The summed E-state index contributed by atoms with van der Waals surface area (Å²) in [4.78, 5) is 8.67. The molecule has 1 aromatic carbocycles. The number of halogens is 1. The van der Waals surface area contributed by atoms with E-state index in [0.717, 1.165) is 18.7 Å². The van der Waals surface area contributed by atoms with Gasteiger partial charge in [-0.25, -0.2) is 15.2 Å². The molecule has 1 saturated carbocycles. The van der Waals surface area contributed by atoms with Crippen LogP contribution >= 0.6 is 0 Å². The Labute approximate surface area is 116 Å². The summed E-state index contributed by atoms with van der Waals surface area (Å²) in [5.41, 5.74) is 3.03. The van der Waals surface area contributed by atoms with Gasteiger partial charge in [0, 0.05) is 12.0 Å². The predicted molar refractivity (Wildman–Crippen MR) is 73.0 cm³/mol. The van der Waals surface area contributed by atoms with Crippen LogP contribution in [0, 0.1) is 12.7 Å². The minimum absolute atomic E-state index is 0.261. The fraction of sp³-hybridized carbons (Fsp3) is 0.286. The van der Waals surface area contributed by atoms with E-state index in [0.29, 0.717) is 28.9 Å². The third kappa shape index (κ3) is 2.70. The first-order valence-electron chi connectivity index (χ1n) is 6.45. The highest BCUT2D eigenvalue weighted by Gasteiger charge is 2.27. The minimum Gasteiger partial charge on any atom is -0.439 e. The Morgan fingerprint density at radius 2 is 2.10 bits per heavy atom. The van der Waals surface area contributed by atoms with E-state index in [1.807, 2.05) is 0 Å². The number of nitrogens with one attached hydrogen (secondary N) is 1. The molecule has 0 unspecified atom stereocenters. The summed E-state index contributed by atoms with van der Waals surface area (Å²) >= 11 is 0. The van der Waals surface area contributed by atoms with Crippen molar-refractivity contribution in [2.24, 2.45) is 5.84 Å². The van der Waals surface area contributed by atoms with Crippen LogP contribution in [-0.4, -0.2) is 9.97 Å². The molecule has 2 aromatic rings. The molecule has 0 spiro atoms. The average Bonchev–Trinajstić information content (AvgIpc) is 3.27. The van der Waals surface area contributed by atoms with Gasteiger partial charge in [-0.2, -0.15) is 4.98 Å². The van der Waals surface area contributed by atoms with Gasteiger partial charge in [0.2, 0.25) is 5.88 Å². The van der Waals surface area contributed by atoms with Gasteiger partial charge >= 0.3 is 0 Å². The first kappa shape index (κ1) is 12.8. The highest BCUT2D eigenvalue weighted by Crippen LogP contribution is 2.39. The number of hydrogen-bond acceptors (Lipinski definition) is 5. The summed E-state index contributed by atoms with van der Waals surface area (Å²) < 4.78 is 18.9. The van der Waals surface area contributed by atoms with E-state index < -0.39 is 0 Å². The van der Waals surface area contributed by atoms with Gasteiger partial charge in [-0.15, -0.1) is 0 Å². The summed E-state index contributed by atoms with van der Waals surface area (Å²) in [6, 6.07) is 6.18. The lowest BCUT2D eigenvalue weighted by Gasteiger charge is -2.09. The number of rotatable bonds is 4. The number of aromatic nitrogens is 2. The third-order valence-corrected chi connectivity index (χ3v) is 3.16. The Kier molecular flexibility index (Phi) is 3.23. The number of ether oxygens (including phenoxy) is 1. The molecule has 104 valence electrons. The van der Waals surface area contributed by atoms with Crippen molar-refractivity contribution in [3.8, 4) is 11.6 Å². The molecule has 1 aliphatic carbocycles. The number of hydrazine groups is 1. The quantitative estimate of drug-likeness (QED) is 0.662. The average molecular weight is 274 g/mol. The van der Waals surface area contributed by atoms with E-state index in [1.165, 1.54) is 6.07 Å². The van der Waals surface area contributed by atoms with Crippen LogP contribution in [-0.2, 0) is 0 Å². The summed E-state index contributed by atoms with van der Waals surface area (Å²) in [5.74, 6) is 7.71. The van der Waals surface area contributed by atoms with E-state index in [4.69, 9.17) is 10.6 Å². The third-order valence-electron chi connectivity index (χ3n) is 3.16. The van der Waals surface area contributed by atoms with Gasteiger partial charge in [0.05, 0.1) is 0 Å². The standard InChI is InChI=1S/C14H15FN4O/c1-8-6-10(4-5-11(8)15)20-13-7-12(19-16)17-14(18-13)9-2-3-9/h4-7,9H,2-3,16H2,1H3,(H,17,18,19). The number of aryl methyl sites for hydroxylation is 1. The fourth-order valence-corrected chi connectivity index (χ4v) is 1.89. The lowest BCUT2D eigenvalue weighted by molar-refractivity contribution is 0.456. The molecule has 5 nitrogen and oxygen atoms in total. The molecule has 0 aliphatic heterocycles. The van der Waals surface area contributed by atoms with Gasteiger partial charge in [-0.05, 0) is 43.5 Å². The molecule has 3 N–H and O–H groups in total. The van der Waals surface area contributed by atoms with Crippen LogP contribution in [0.4, 0.5) is 10.2 Å². The summed E-state index contributed by atoms with van der Waals surface area (Å²) in [5, 5.41) is 0. The SMILES string of the molecule is Cc1cc(Oc2cc(NN)nc(C3CC3)n2)ccc1F. The Morgan fingerprint density at radius 3 is 2.75 bits per heavy atom. The molecule has 0 bridgehead atoms. The number of anilines is 1. The number of benzene rings is 1. The maximum Gasteiger partial charge on any atom is 0.224 e. The fourth-order valence-electron chi connectivity index (χ4n) is 1.89. The molecular formula is C14H15FN4O. The molecule has 6 heteroatoms. The summed E-state index contributed by atoms with van der Waals surface area (Å²) in [7, 11) is 0. The van der Waals surface area contributed by atoms with Crippen LogP contribution in [0.1, 0.15) is 30.1 Å². The second-order valence-corrected chi connectivity index (χ2v) is 4.88. The maximum atomic E-state index is 13.2. The van der Waals surface area contributed by atoms with E-state index in [-0.39, 0.29) is 5.82 Å². The Morgan fingerprint density at radius 1 is 1.30 bits per heavy atom. The van der Waals surface area contributed by atoms with Gasteiger partial charge in [-0.3, -0.25) is 0 Å². The first-order chi connectivity index (χ1) is 9.65.